The Hall–Kier alpha value is -4.00. The van der Waals surface area contributed by atoms with Crippen LogP contribution in [0.4, 0.5) is 4.79 Å². The normalized spacial score (nSPS) is 18.2. The Bertz CT molecular complexity index is 1580. The molecule has 11 nitrogen and oxygen atoms in total. The average molecular weight is 682 g/mol. The third-order valence-corrected chi connectivity index (χ3v) is 8.71. The highest BCUT2D eigenvalue weighted by atomic mass is 79.9. The number of pyridine rings is 2. The lowest BCUT2D eigenvalue weighted by Gasteiger charge is -2.43. The summed E-state index contributed by atoms with van der Waals surface area (Å²) in [5.41, 5.74) is 4.31. The number of carbonyl (C=O) groups is 2. The van der Waals surface area contributed by atoms with E-state index < -0.39 is 12.1 Å². The smallest absolute Gasteiger partial charge is 0.410 e. The number of carbonyl (C=O) groups excluding carboxylic acids is 2. The maximum atomic E-state index is 13.8. The quantitative estimate of drug-likeness (QED) is 0.173. The standard InChI is InChI=1S/C31H31BrClN7O4/c32-23-16-22-3-2-21-17-24(33)4-5-26(21)29(28(22)36-18-23)38-14-15-40(31(42)44-25-6-11-39(43)12-7-25)27(19-38)30(41)35-8-1-10-37-13-9-34-20-37/h4-7,9,11-13,16-18,20,27,29H,1-3,8,10,14-15,19H2,(H-,35,41,43)/p+1. The third kappa shape index (κ3) is 6.72. The van der Waals surface area contributed by atoms with Gasteiger partial charge in [-0.1, -0.05) is 17.7 Å². The number of aromatic nitrogens is 4. The van der Waals surface area contributed by atoms with Crippen LogP contribution in [-0.4, -0.2) is 73.8 Å². The first-order valence-electron chi connectivity index (χ1n) is 14.4. The minimum atomic E-state index is -0.811. The number of fused-ring (bicyclic) bond motifs is 2. The summed E-state index contributed by atoms with van der Waals surface area (Å²) in [6.45, 7) is 2.19. The number of benzene rings is 1. The highest BCUT2D eigenvalue weighted by Crippen LogP contribution is 2.38. The molecule has 4 aromatic rings. The molecule has 2 amide bonds. The molecular formula is C31H32BrClN7O4+. The number of hydrogen-bond acceptors (Lipinski definition) is 7. The second kappa shape index (κ2) is 13.3. The van der Waals surface area contributed by atoms with Gasteiger partial charge >= 0.3 is 6.09 Å². The van der Waals surface area contributed by atoms with Crippen LogP contribution in [0.2, 0.25) is 5.02 Å². The molecule has 2 unspecified atom stereocenters. The summed E-state index contributed by atoms with van der Waals surface area (Å²) in [6.07, 6.45) is 11.6. The van der Waals surface area contributed by atoms with Gasteiger partial charge in [-0.3, -0.25) is 24.8 Å². The predicted octanol–water partition coefficient (Wildman–Crippen LogP) is 3.80. The zero-order valence-corrected chi connectivity index (χ0v) is 26.2. The molecule has 0 saturated carbocycles. The summed E-state index contributed by atoms with van der Waals surface area (Å²) in [5, 5.41) is 13.3. The Morgan fingerprint density at radius 1 is 1.14 bits per heavy atom. The van der Waals surface area contributed by atoms with E-state index in [1.807, 2.05) is 22.9 Å². The van der Waals surface area contributed by atoms with Crippen molar-refractivity contribution in [2.75, 3.05) is 26.2 Å². The van der Waals surface area contributed by atoms with Gasteiger partial charge in [0.2, 0.25) is 18.3 Å². The highest BCUT2D eigenvalue weighted by Gasteiger charge is 2.41. The minimum Gasteiger partial charge on any atom is -0.410 e. The lowest BCUT2D eigenvalue weighted by Crippen LogP contribution is -2.61. The summed E-state index contributed by atoms with van der Waals surface area (Å²) in [7, 11) is 0. The lowest BCUT2D eigenvalue weighted by molar-refractivity contribution is -0.904. The van der Waals surface area contributed by atoms with Crippen LogP contribution >= 0.6 is 27.5 Å². The number of piperazine rings is 1. The Morgan fingerprint density at radius 3 is 2.75 bits per heavy atom. The van der Waals surface area contributed by atoms with Crippen molar-refractivity contribution in [1.29, 1.82) is 0 Å². The molecule has 1 saturated heterocycles. The van der Waals surface area contributed by atoms with Gasteiger partial charge in [0.15, 0.2) is 0 Å². The van der Waals surface area contributed by atoms with Gasteiger partial charge in [-0.15, -0.1) is 0 Å². The van der Waals surface area contributed by atoms with E-state index in [4.69, 9.17) is 21.3 Å². The van der Waals surface area contributed by atoms with Crippen LogP contribution in [0.15, 0.2) is 78.2 Å². The van der Waals surface area contributed by atoms with Gasteiger partial charge in [-0.05, 0) is 70.1 Å². The summed E-state index contributed by atoms with van der Waals surface area (Å²) < 4.78 is 9.34. The second-order valence-electron chi connectivity index (χ2n) is 10.9. The van der Waals surface area contributed by atoms with E-state index in [1.54, 1.807) is 18.7 Å². The van der Waals surface area contributed by atoms with Crippen molar-refractivity contribution in [2.45, 2.75) is 37.9 Å². The van der Waals surface area contributed by atoms with Crippen molar-refractivity contribution in [2.24, 2.45) is 0 Å². The van der Waals surface area contributed by atoms with Gasteiger partial charge in [0, 0.05) is 65.5 Å². The number of nitrogens with one attached hydrogen (secondary N) is 1. The van der Waals surface area contributed by atoms with Crippen LogP contribution in [-0.2, 0) is 24.2 Å². The number of amides is 2. The van der Waals surface area contributed by atoms with Crippen LogP contribution in [0.5, 0.6) is 5.75 Å². The molecule has 3 aromatic heterocycles. The van der Waals surface area contributed by atoms with Crippen LogP contribution in [0.1, 0.15) is 34.8 Å². The van der Waals surface area contributed by atoms with Gasteiger partial charge in [0.05, 0.1) is 30.2 Å². The number of hydrogen-bond donors (Lipinski definition) is 2. The lowest BCUT2D eigenvalue weighted by atomic mass is 9.95. The van der Waals surface area contributed by atoms with Gasteiger partial charge in [-0.25, -0.2) is 9.78 Å². The zero-order valence-electron chi connectivity index (χ0n) is 23.9. The van der Waals surface area contributed by atoms with Crippen molar-refractivity contribution < 1.29 is 24.3 Å². The second-order valence-corrected chi connectivity index (χ2v) is 12.2. The van der Waals surface area contributed by atoms with E-state index in [0.29, 0.717) is 31.1 Å². The van der Waals surface area contributed by atoms with Gasteiger partial charge < -0.3 is 14.6 Å². The molecule has 1 aliphatic carbocycles. The maximum Gasteiger partial charge on any atom is 0.416 e. The number of nitrogens with zero attached hydrogens (tertiary/aromatic N) is 6. The molecule has 2 aliphatic rings. The van der Waals surface area contributed by atoms with Crippen molar-refractivity contribution in [3.63, 3.8) is 0 Å². The minimum absolute atomic E-state index is 0.225. The molecule has 13 heteroatoms. The SMILES string of the molecule is O=C(NCCCn1ccnc1)C1CN(C2c3ccc(Cl)cc3CCc3cc(Br)cnc32)CCN1C(=O)Oc1cc[n+](O)cc1. The van der Waals surface area contributed by atoms with Crippen LogP contribution in [0.3, 0.4) is 0 Å². The third-order valence-electron chi connectivity index (χ3n) is 8.04. The number of halogens is 2. The van der Waals surface area contributed by atoms with E-state index in [1.165, 1.54) is 29.4 Å². The molecule has 2 atom stereocenters. The molecule has 1 aromatic carbocycles. The topological polar surface area (TPSA) is 117 Å². The predicted molar refractivity (Wildman–Crippen MR) is 164 cm³/mol. The molecular weight excluding hydrogens is 650 g/mol. The summed E-state index contributed by atoms with van der Waals surface area (Å²) >= 11 is 10.00. The van der Waals surface area contributed by atoms with Crippen molar-refractivity contribution in [1.82, 2.24) is 29.7 Å². The monoisotopic (exact) mass is 680 g/mol. The average Bonchev–Trinajstić information content (AvgIpc) is 3.49. The fraction of sp³-hybridized carbons (Fsp3) is 0.323. The van der Waals surface area contributed by atoms with E-state index in [2.05, 4.69) is 43.3 Å². The fourth-order valence-electron chi connectivity index (χ4n) is 5.91. The largest absolute Gasteiger partial charge is 0.416 e. The van der Waals surface area contributed by atoms with E-state index >= 15 is 0 Å². The highest BCUT2D eigenvalue weighted by molar-refractivity contribution is 9.10. The molecule has 1 fully saturated rings. The summed E-state index contributed by atoms with van der Waals surface area (Å²) in [4.78, 5) is 39.9. The number of rotatable bonds is 7. The van der Waals surface area contributed by atoms with Crippen LogP contribution in [0.25, 0.3) is 0 Å². The van der Waals surface area contributed by atoms with Gasteiger partial charge in [0.25, 0.3) is 0 Å². The molecule has 228 valence electrons. The zero-order chi connectivity index (χ0) is 30.6. The van der Waals surface area contributed by atoms with Crippen LogP contribution in [0, 0.1) is 0 Å². The molecule has 0 bridgehead atoms. The van der Waals surface area contributed by atoms with E-state index in [9.17, 15) is 14.8 Å². The van der Waals surface area contributed by atoms with Crippen molar-refractivity contribution >= 4 is 39.5 Å². The molecule has 6 rings (SSSR count). The Kier molecular flexibility index (Phi) is 9.10. The number of imidazole rings is 1. The Morgan fingerprint density at radius 2 is 1.95 bits per heavy atom. The van der Waals surface area contributed by atoms with E-state index in [0.717, 1.165) is 44.4 Å². The molecule has 0 radical (unpaired) electrons. The van der Waals surface area contributed by atoms with Gasteiger partial charge in [0.1, 0.15) is 11.8 Å². The van der Waals surface area contributed by atoms with Crippen LogP contribution < -0.4 is 14.8 Å². The first-order valence-corrected chi connectivity index (χ1v) is 15.6. The fourth-order valence-corrected chi connectivity index (χ4v) is 6.48. The van der Waals surface area contributed by atoms with Crippen molar-refractivity contribution in [3.8, 4) is 5.75 Å². The Balaban J connectivity index is 1.27. The maximum absolute atomic E-state index is 13.8. The molecule has 0 spiro atoms. The summed E-state index contributed by atoms with van der Waals surface area (Å²) in [5.74, 6) is 0.00739. The first-order chi connectivity index (χ1) is 21.4. The van der Waals surface area contributed by atoms with Gasteiger partial charge in [-0.2, -0.15) is 0 Å². The van der Waals surface area contributed by atoms with Crippen molar-refractivity contribution in [3.05, 3.63) is 106 Å². The Labute approximate surface area is 268 Å². The summed E-state index contributed by atoms with van der Waals surface area (Å²) in [6, 6.07) is 9.99. The molecule has 2 N–H and O–H groups in total. The molecule has 4 heterocycles. The number of ether oxygens (including phenoxy) is 1. The van der Waals surface area contributed by atoms with E-state index in [-0.39, 0.29) is 30.8 Å². The molecule has 44 heavy (non-hydrogen) atoms. The number of aryl methyl sites for hydroxylation is 3. The first kappa shape index (κ1) is 30.0. The molecule has 1 aliphatic heterocycles.